The van der Waals surface area contributed by atoms with Crippen LogP contribution in [-0.2, 0) is 6.54 Å². The third kappa shape index (κ3) is 3.77. The predicted molar refractivity (Wildman–Crippen MR) is 131 cm³/mol. The zero-order valence-corrected chi connectivity index (χ0v) is 19.5. The molecular weight excluding hydrogens is 470 g/mol. The van der Waals surface area contributed by atoms with E-state index in [1.54, 1.807) is 11.3 Å². The van der Waals surface area contributed by atoms with Crippen molar-refractivity contribution >= 4 is 48.4 Å². The van der Waals surface area contributed by atoms with Crippen molar-refractivity contribution in [2.45, 2.75) is 20.4 Å². The molecule has 0 saturated carbocycles. The third-order valence-electron chi connectivity index (χ3n) is 5.41. The van der Waals surface area contributed by atoms with Crippen LogP contribution in [0.1, 0.15) is 27.0 Å². The van der Waals surface area contributed by atoms with Crippen LogP contribution in [0.15, 0.2) is 71.3 Å². The number of nitrogens with one attached hydrogen (secondary N) is 1. The van der Waals surface area contributed by atoms with E-state index in [4.69, 9.17) is 4.98 Å². The van der Waals surface area contributed by atoms with Gasteiger partial charge in [-0.2, -0.15) is 0 Å². The first-order valence-corrected chi connectivity index (χ1v) is 11.6. The average Bonchev–Trinajstić information content (AvgIpc) is 3.30. The van der Waals surface area contributed by atoms with E-state index in [9.17, 15) is 4.79 Å². The van der Waals surface area contributed by atoms with Crippen LogP contribution in [0.25, 0.3) is 26.4 Å². The number of carbonyl (C=O) groups excluding carboxylic acids is 1. The fourth-order valence-corrected chi connectivity index (χ4v) is 5.26. The number of amides is 1. The van der Waals surface area contributed by atoms with Gasteiger partial charge in [0.2, 0.25) is 0 Å². The summed E-state index contributed by atoms with van der Waals surface area (Å²) in [5.41, 5.74) is 7.35. The first-order chi connectivity index (χ1) is 15.0. The molecule has 0 fully saturated rings. The molecule has 31 heavy (non-hydrogen) atoms. The van der Waals surface area contributed by atoms with Gasteiger partial charge in [-0.25, -0.2) is 4.98 Å². The Morgan fingerprint density at radius 3 is 2.74 bits per heavy atom. The van der Waals surface area contributed by atoms with Gasteiger partial charge in [0.25, 0.3) is 5.91 Å². The smallest absolute Gasteiger partial charge is 0.251 e. The summed E-state index contributed by atoms with van der Waals surface area (Å²) in [6.45, 7) is 4.69. The SMILES string of the molecule is Cc1ccc(-c2cn3c(n2)sc2cc(C(=O)NCc4ccccc4Br)ccc23)c(C)c1. The molecule has 1 N–H and O–H groups in total. The van der Waals surface area contributed by atoms with Crippen molar-refractivity contribution in [2.75, 3.05) is 0 Å². The van der Waals surface area contributed by atoms with Gasteiger partial charge in [0.15, 0.2) is 4.96 Å². The molecule has 0 radical (unpaired) electrons. The summed E-state index contributed by atoms with van der Waals surface area (Å²) >= 11 is 5.12. The molecule has 0 unspecified atom stereocenters. The van der Waals surface area contributed by atoms with Gasteiger partial charge in [0.05, 0.1) is 15.9 Å². The van der Waals surface area contributed by atoms with Crippen LogP contribution in [0.2, 0.25) is 0 Å². The highest BCUT2D eigenvalue weighted by Gasteiger charge is 2.14. The lowest BCUT2D eigenvalue weighted by Gasteiger charge is -2.07. The summed E-state index contributed by atoms with van der Waals surface area (Å²) in [7, 11) is 0. The molecule has 3 aromatic carbocycles. The number of hydrogen-bond acceptors (Lipinski definition) is 3. The number of thiazole rings is 1. The van der Waals surface area contributed by atoms with Crippen LogP contribution in [0.5, 0.6) is 0 Å². The Balaban J connectivity index is 1.42. The molecule has 2 aromatic heterocycles. The molecule has 5 rings (SSSR count). The second-order valence-corrected chi connectivity index (χ2v) is 9.52. The minimum Gasteiger partial charge on any atom is -0.348 e. The molecule has 2 heterocycles. The second-order valence-electron chi connectivity index (χ2n) is 7.66. The van der Waals surface area contributed by atoms with Gasteiger partial charge in [0.1, 0.15) is 0 Å². The predicted octanol–water partition coefficient (Wildman–Crippen LogP) is 6.53. The largest absolute Gasteiger partial charge is 0.348 e. The number of aromatic nitrogens is 2. The number of halogens is 1. The minimum absolute atomic E-state index is 0.0836. The topological polar surface area (TPSA) is 46.4 Å². The quantitative estimate of drug-likeness (QED) is 0.312. The maximum Gasteiger partial charge on any atom is 0.251 e. The number of carbonyl (C=O) groups is 1. The summed E-state index contributed by atoms with van der Waals surface area (Å²) in [5.74, 6) is -0.0836. The van der Waals surface area contributed by atoms with Gasteiger partial charge in [-0.3, -0.25) is 9.20 Å². The Morgan fingerprint density at radius 1 is 1.10 bits per heavy atom. The van der Waals surface area contributed by atoms with Gasteiger partial charge in [0, 0.05) is 28.3 Å². The Bertz CT molecular complexity index is 1450. The average molecular weight is 490 g/mol. The van der Waals surface area contributed by atoms with Gasteiger partial charge in [-0.1, -0.05) is 69.2 Å². The maximum atomic E-state index is 12.7. The van der Waals surface area contributed by atoms with E-state index in [-0.39, 0.29) is 5.91 Å². The van der Waals surface area contributed by atoms with Crippen molar-refractivity contribution in [3.63, 3.8) is 0 Å². The number of benzene rings is 3. The normalized spacial score (nSPS) is 11.3. The highest BCUT2D eigenvalue weighted by atomic mass is 79.9. The molecule has 5 aromatic rings. The van der Waals surface area contributed by atoms with Crippen molar-refractivity contribution in [2.24, 2.45) is 0 Å². The van der Waals surface area contributed by atoms with E-state index in [1.165, 1.54) is 11.1 Å². The molecule has 4 nitrogen and oxygen atoms in total. The van der Waals surface area contributed by atoms with E-state index in [0.29, 0.717) is 12.1 Å². The molecule has 0 spiro atoms. The van der Waals surface area contributed by atoms with Crippen molar-refractivity contribution in [1.29, 1.82) is 0 Å². The van der Waals surface area contributed by atoms with Crippen molar-refractivity contribution in [3.8, 4) is 11.3 Å². The van der Waals surface area contributed by atoms with Gasteiger partial charge in [-0.05, 0) is 49.2 Å². The lowest BCUT2D eigenvalue weighted by molar-refractivity contribution is 0.0951. The van der Waals surface area contributed by atoms with Gasteiger partial charge < -0.3 is 5.32 Å². The molecule has 0 aliphatic heterocycles. The number of imidazole rings is 1. The zero-order chi connectivity index (χ0) is 21.5. The number of fused-ring (bicyclic) bond motifs is 3. The minimum atomic E-state index is -0.0836. The van der Waals surface area contributed by atoms with Crippen LogP contribution >= 0.6 is 27.3 Å². The third-order valence-corrected chi connectivity index (χ3v) is 7.20. The Labute approximate surface area is 192 Å². The first kappa shape index (κ1) is 20.0. The first-order valence-electron chi connectivity index (χ1n) is 10.0. The van der Waals surface area contributed by atoms with Gasteiger partial charge in [-0.15, -0.1) is 0 Å². The molecule has 154 valence electrons. The Morgan fingerprint density at radius 2 is 1.94 bits per heavy atom. The summed E-state index contributed by atoms with van der Waals surface area (Å²) in [5, 5.41) is 3.00. The van der Waals surface area contributed by atoms with Gasteiger partial charge >= 0.3 is 0 Å². The van der Waals surface area contributed by atoms with Crippen LogP contribution in [0.3, 0.4) is 0 Å². The molecule has 0 aliphatic rings. The van der Waals surface area contributed by atoms with Crippen LogP contribution in [0.4, 0.5) is 0 Å². The monoisotopic (exact) mass is 489 g/mol. The molecule has 1 amide bonds. The van der Waals surface area contributed by atoms with Crippen molar-refractivity contribution in [3.05, 3.63) is 93.6 Å². The van der Waals surface area contributed by atoms with E-state index in [0.717, 1.165) is 36.5 Å². The summed E-state index contributed by atoms with van der Waals surface area (Å²) in [4.78, 5) is 18.5. The Kier molecular flexibility index (Phi) is 5.12. The maximum absolute atomic E-state index is 12.7. The molecular formula is C25H20BrN3OS. The van der Waals surface area contributed by atoms with E-state index in [2.05, 4.69) is 63.9 Å². The number of rotatable bonds is 4. The number of nitrogens with zero attached hydrogens (tertiary/aromatic N) is 2. The van der Waals surface area contributed by atoms with E-state index >= 15 is 0 Å². The van der Waals surface area contributed by atoms with E-state index < -0.39 is 0 Å². The van der Waals surface area contributed by atoms with Crippen LogP contribution in [-0.4, -0.2) is 15.3 Å². The fraction of sp³-hybridized carbons (Fsp3) is 0.120. The van der Waals surface area contributed by atoms with Crippen molar-refractivity contribution < 1.29 is 4.79 Å². The highest BCUT2D eigenvalue weighted by molar-refractivity contribution is 9.10. The molecule has 0 bridgehead atoms. The number of hydrogen-bond donors (Lipinski definition) is 1. The Hall–Kier alpha value is -2.96. The second kappa shape index (κ2) is 7.94. The van der Waals surface area contributed by atoms with E-state index in [1.807, 2.05) is 42.5 Å². The van der Waals surface area contributed by atoms with Crippen LogP contribution < -0.4 is 5.32 Å². The summed E-state index contributed by atoms with van der Waals surface area (Å²) in [6.07, 6.45) is 2.08. The molecule has 6 heteroatoms. The summed E-state index contributed by atoms with van der Waals surface area (Å²) < 4.78 is 4.14. The van der Waals surface area contributed by atoms with Crippen molar-refractivity contribution in [1.82, 2.24) is 14.7 Å². The molecule has 0 saturated heterocycles. The molecule has 0 aliphatic carbocycles. The molecule has 0 atom stereocenters. The zero-order valence-electron chi connectivity index (χ0n) is 17.1. The number of aryl methyl sites for hydroxylation is 2. The highest BCUT2D eigenvalue weighted by Crippen LogP contribution is 2.31. The summed E-state index contributed by atoms with van der Waals surface area (Å²) in [6, 6.07) is 20.1. The lowest BCUT2D eigenvalue weighted by atomic mass is 10.0. The standard InChI is InChI=1S/C25H20BrN3OS/c1-15-7-9-19(16(2)11-15)21-14-29-22-10-8-17(12-23(22)31-25(29)28-21)24(30)27-13-18-5-3-4-6-20(18)26/h3-12,14H,13H2,1-2H3,(H,27,30). The van der Waals surface area contributed by atoms with Crippen LogP contribution in [0, 0.1) is 13.8 Å². The lowest BCUT2D eigenvalue weighted by Crippen LogP contribution is -2.22. The fourth-order valence-electron chi connectivity index (χ4n) is 3.79.